The van der Waals surface area contributed by atoms with Crippen molar-refractivity contribution in [1.82, 2.24) is 0 Å². The lowest BCUT2D eigenvalue weighted by Crippen LogP contribution is -2.25. The van der Waals surface area contributed by atoms with Crippen LogP contribution in [0.2, 0.25) is 0 Å². The van der Waals surface area contributed by atoms with E-state index in [1.54, 1.807) is 40.2 Å². The van der Waals surface area contributed by atoms with E-state index >= 15 is 0 Å². The normalized spacial score (nSPS) is 14.1. The third-order valence-electron chi connectivity index (χ3n) is 2.37. The van der Waals surface area contributed by atoms with Crippen LogP contribution in [0, 0.1) is 0 Å². The maximum atomic E-state index is 9.40. The molecule has 16 heavy (non-hydrogen) atoms. The van der Waals surface area contributed by atoms with Crippen LogP contribution in [0.3, 0.4) is 0 Å². The average Bonchev–Trinajstić information content (AvgIpc) is 2.29. The fourth-order valence-electron chi connectivity index (χ4n) is 1.22. The van der Waals surface area contributed by atoms with Crippen LogP contribution in [-0.2, 0) is 0 Å². The summed E-state index contributed by atoms with van der Waals surface area (Å²) in [6.45, 7) is 3.46. The minimum Gasteiger partial charge on any atom is -0.493 e. The van der Waals surface area contributed by atoms with Crippen molar-refractivity contribution >= 4 is 0 Å². The van der Waals surface area contributed by atoms with Gasteiger partial charge in [-0.2, -0.15) is 0 Å². The van der Waals surface area contributed by atoms with E-state index in [9.17, 15) is 5.11 Å². The third kappa shape index (κ3) is 2.79. The summed E-state index contributed by atoms with van der Waals surface area (Å²) >= 11 is 0. The lowest BCUT2D eigenvalue weighted by Gasteiger charge is -2.20. The van der Waals surface area contributed by atoms with Crippen LogP contribution in [0.4, 0.5) is 0 Å². The van der Waals surface area contributed by atoms with Crippen molar-refractivity contribution in [2.24, 2.45) is 0 Å². The van der Waals surface area contributed by atoms with E-state index < -0.39 is 6.10 Å². The SMILES string of the molecule is COc1cccc(OC)c1OC(C)C(C)O. The van der Waals surface area contributed by atoms with Gasteiger partial charge in [0.1, 0.15) is 6.10 Å². The van der Waals surface area contributed by atoms with Gasteiger partial charge in [-0.05, 0) is 26.0 Å². The van der Waals surface area contributed by atoms with Gasteiger partial charge in [0.25, 0.3) is 0 Å². The van der Waals surface area contributed by atoms with Crippen LogP contribution < -0.4 is 14.2 Å². The van der Waals surface area contributed by atoms with Gasteiger partial charge in [-0.3, -0.25) is 0 Å². The molecule has 2 atom stereocenters. The number of rotatable bonds is 5. The Labute approximate surface area is 95.8 Å². The van der Waals surface area contributed by atoms with Crippen LogP contribution in [0.5, 0.6) is 17.2 Å². The summed E-state index contributed by atoms with van der Waals surface area (Å²) in [6, 6.07) is 5.39. The van der Waals surface area contributed by atoms with Gasteiger partial charge in [0.05, 0.1) is 20.3 Å². The summed E-state index contributed by atoms with van der Waals surface area (Å²) in [5.74, 6) is 1.69. The molecule has 0 amide bonds. The van der Waals surface area contributed by atoms with Gasteiger partial charge in [0, 0.05) is 0 Å². The van der Waals surface area contributed by atoms with Gasteiger partial charge in [-0.1, -0.05) is 6.07 Å². The minimum absolute atomic E-state index is 0.329. The molecule has 90 valence electrons. The Morgan fingerprint density at radius 3 is 1.94 bits per heavy atom. The fraction of sp³-hybridized carbons (Fsp3) is 0.500. The fourth-order valence-corrected chi connectivity index (χ4v) is 1.22. The molecule has 0 bridgehead atoms. The highest BCUT2D eigenvalue weighted by Gasteiger charge is 2.17. The first-order valence-corrected chi connectivity index (χ1v) is 5.15. The first kappa shape index (κ1) is 12.6. The van der Waals surface area contributed by atoms with Gasteiger partial charge in [-0.25, -0.2) is 0 Å². The Balaban J connectivity index is 2.99. The topological polar surface area (TPSA) is 47.9 Å². The second kappa shape index (κ2) is 5.61. The second-order valence-electron chi connectivity index (χ2n) is 3.56. The molecule has 4 nitrogen and oxygen atoms in total. The molecule has 2 unspecified atom stereocenters. The Hall–Kier alpha value is -1.42. The number of benzene rings is 1. The molecule has 1 aromatic carbocycles. The highest BCUT2D eigenvalue weighted by Crippen LogP contribution is 2.37. The van der Waals surface area contributed by atoms with E-state index in [2.05, 4.69) is 0 Å². The third-order valence-corrected chi connectivity index (χ3v) is 2.37. The van der Waals surface area contributed by atoms with Crippen molar-refractivity contribution in [3.63, 3.8) is 0 Å². The molecule has 1 N–H and O–H groups in total. The molecule has 0 spiro atoms. The summed E-state index contributed by atoms with van der Waals surface area (Å²) in [5, 5.41) is 9.40. The molecular formula is C12H18O4. The number of hydrogen-bond donors (Lipinski definition) is 1. The van der Waals surface area contributed by atoms with Crippen molar-refractivity contribution in [2.45, 2.75) is 26.1 Å². The minimum atomic E-state index is -0.561. The highest BCUT2D eigenvalue weighted by atomic mass is 16.5. The van der Waals surface area contributed by atoms with E-state index in [1.165, 1.54) is 0 Å². The predicted molar refractivity (Wildman–Crippen MR) is 61.3 cm³/mol. The molecule has 0 aromatic heterocycles. The zero-order chi connectivity index (χ0) is 12.1. The predicted octanol–water partition coefficient (Wildman–Crippen LogP) is 1.85. The molecule has 0 aliphatic heterocycles. The molecule has 0 radical (unpaired) electrons. The summed E-state index contributed by atoms with van der Waals surface area (Å²) < 4.78 is 16.0. The van der Waals surface area contributed by atoms with E-state index in [4.69, 9.17) is 14.2 Å². The number of ether oxygens (including phenoxy) is 3. The zero-order valence-electron chi connectivity index (χ0n) is 10.1. The number of hydrogen-bond acceptors (Lipinski definition) is 4. The number of aliphatic hydroxyl groups is 1. The smallest absolute Gasteiger partial charge is 0.203 e. The number of aliphatic hydroxyl groups excluding tert-OH is 1. The van der Waals surface area contributed by atoms with Gasteiger partial charge < -0.3 is 19.3 Å². The Kier molecular flexibility index (Phi) is 4.43. The Morgan fingerprint density at radius 2 is 1.56 bits per heavy atom. The zero-order valence-corrected chi connectivity index (χ0v) is 10.1. The maximum absolute atomic E-state index is 9.40. The monoisotopic (exact) mass is 226 g/mol. The van der Waals surface area contributed by atoms with Gasteiger partial charge in [-0.15, -0.1) is 0 Å². The van der Waals surface area contributed by atoms with Gasteiger partial charge >= 0.3 is 0 Å². The maximum Gasteiger partial charge on any atom is 0.203 e. The quantitative estimate of drug-likeness (QED) is 0.832. The lowest BCUT2D eigenvalue weighted by atomic mass is 10.2. The molecular weight excluding hydrogens is 208 g/mol. The van der Waals surface area contributed by atoms with Crippen molar-refractivity contribution in [3.05, 3.63) is 18.2 Å². The molecule has 1 aromatic rings. The summed E-state index contributed by atoms with van der Waals surface area (Å²) in [4.78, 5) is 0. The standard InChI is InChI=1S/C12H18O4/c1-8(13)9(2)16-12-10(14-3)6-5-7-11(12)15-4/h5-9,13H,1-4H3. The van der Waals surface area contributed by atoms with E-state index in [0.717, 1.165) is 0 Å². The van der Waals surface area contributed by atoms with Crippen LogP contribution in [-0.4, -0.2) is 31.5 Å². The molecule has 0 aliphatic carbocycles. The van der Waals surface area contributed by atoms with E-state index in [1.807, 2.05) is 6.07 Å². The van der Waals surface area contributed by atoms with E-state index in [-0.39, 0.29) is 6.10 Å². The van der Waals surface area contributed by atoms with Gasteiger partial charge in [0.15, 0.2) is 11.5 Å². The largest absolute Gasteiger partial charge is 0.493 e. The highest BCUT2D eigenvalue weighted by molar-refractivity contribution is 5.51. The van der Waals surface area contributed by atoms with Crippen LogP contribution in [0.15, 0.2) is 18.2 Å². The number of methoxy groups -OCH3 is 2. The molecule has 0 saturated carbocycles. The molecule has 0 fully saturated rings. The average molecular weight is 226 g/mol. The molecule has 4 heteroatoms. The summed E-state index contributed by atoms with van der Waals surface area (Å²) in [6.07, 6.45) is -0.889. The Morgan fingerprint density at radius 1 is 1.06 bits per heavy atom. The van der Waals surface area contributed by atoms with Crippen LogP contribution in [0.25, 0.3) is 0 Å². The molecule has 0 aliphatic rings. The second-order valence-corrected chi connectivity index (χ2v) is 3.56. The van der Waals surface area contributed by atoms with Crippen molar-refractivity contribution < 1.29 is 19.3 Å². The van der Waals surface area contributed by atoms with Crippen molar-refractivity contribution in [2.75, 3.05) is 14.2 Å². The first-order chi connectivity index (χ1) is 7.60. The number of para-hydroxylation sites is 1. The lowest BCUT2D eigenvalue weighted by molar-refractivity contribution is 0.0568. The molecule has 0 saturated heterocycles. The van der Waals surface area contributed by atoms with Crippen molar-refractivity contribution in [3.8, 4) is 17.2 Å². The first-order valence-electron chi connectivity index (χ1n) is 5.15. The molecule has 0 heterocycles. The molecule has 1 rings (SSSR count). The Bertz CT molecular complexity index is 314. The van der Waals surface area contributed by atoms with Crippen LogP contribution in [0.1, 0.15) is 13.8 Å². The van der Waals surface area contributed by atoms with Gasteiger partial charge in [0.2, 0.25) is 5.75 Å². The van der Waals surface area contributed by atoms with Crippen LogP contribution >= 0.6 is 0 Å². The van der Waals surface area contributed by atoms with Crippen molar-refractivity contribution in [1.29, 1.82) is 0 Å². The van der Waals surface area contributed by atoms with E-state index in [0.29, 0.717) is 17.2 Å². The summed E-state index contributed by atoms with van der Waals surface area (Å²) in [5.41, 5.74) is 0. The summed E-state index contributed by atoms with van der Waals surface area (Å²) in [7, 11) is 3.13.